The van der Waals surface area contributed by atoms with E-state index in [9.17, 15) is 0 Å². The summed E-state index contributed by atoms with van der Waals surface area (Å²) in [7, 11) is 0. The smallest absolute Gasteiger partial charge is 0.116 e. The maximum Gasteiger partial charge on any atom is 0.116 e. The highest BCUT2D eigenvalue weighted by atomic mass is 15.4. The third kappa shape index (κ3) is 5.05. The molecule has 0 amide bonds. The van der Waals surface area contributed by atoms with Gasteiger partial charge in [-0.1, -0.05) is 58.6 Å². The first-order valence-electron chi connectivity index (χ1n) is 10.6. The van der Waals surface area contributed by atoms with E-state index in [2.05, 4.69) is 48.8 Å². The molecule has 2 aromatic rings. The van der Waals surface area contributed by atoms with Gasteiger partial charge in [-0.05, 0) is 67.7 Å². The molecule has 0 bridgehead atoms. The van der Waals surface area contributed by atoms with Crippen LogP contribution >= 0.6 is 0 Å². The highest BCUT2D eigenvalue weighted by Gasteiger charge is 2.17. The van der Waals surface area contributed by atoms with E-state index in [1.54, 1.807) is 11.1 Å². The van der Waals surface area contributed by atoms with Crippen molar-refractivity contribution in [3.63, 3.8) is 0 Å². The molecule has 0 spiro atoms. The van der Waals surface area contributed by atoms with Crippen molar-refractivity contribution < 1.29 is 0 Å². The van der Waals surface area contributed by atoms with Crippen LogP contribution in [-0.2, 0) is 25.8 Å². The fraction of sp³-hybridized carbons (Fsp3) is 0.727. The number of rotatable bonds is 12. The fourth-order valence-electron chi connectivity index (χ4n) is 3.62. The van der Waals surface area contributed by atoms with Crippen molar-refractivity contribution in [2.75, 3.05) is 0 Å². The largest absolute Gasteiger partial charge is 0.245 e. The van der Waals surface area contributed by atoms with E-state index < -0.39 is 0 Å². The Bertz CT molecular complexity index is 642. The van der Waals surface area contributed by atoms with Crippen molar-refractivity contribution in [3.8, 4) is 0 Å². The van der Waals surface area contributed by atoms with Gasteiger partial charge in [0.15, 0.2) is 0 Å². The summed E-state index contributed by atoms with van der Waals surface area (Å²) in [6, 6.07) is 2.42. The number of hydrogen-bond acceptors (Lipinski definition) is 2. The Morgan fingerprint density at radius 1 is 0.760 bits per heavy atom. The van der Waals surface area contributed by atoms with Crippen LogP contribution in [0.1, 0.15) is 95.8 Å². The second kappa shape index (κ2) is 10.6. The van der Waals surface area contributed by atoms with Gasteiger partial charge in [0.1, 0.15) is 5.52 Å². The molecule has 25 heavy (non-hydrogen) atoms. The second-order valence-corrected chi connectivity index (χ2v) is 7.34. The molecule has 0 saturated carbocycles. The summed E-state index contributed by atoms with van der Waals surface area (Å²) in [6.45, 7) is 10.1. The van der Waals surface area contributed by atoms with Gasteiger partial charge in [0.05, 0.1) is 5.52 Å². The summed E-state index contributed by atoms with van der Waals surface area (Å²) in [5, 5.41) is 9.14. The molecule has 1 aromatic carbocycles. The van der Waals surface area contributed by atoms with Gasteiger partial charge in [0, 0.05) is 6.54 Å². The number of unbranched alkanes of at least 4 members (excludes halogenated alkanes) is 4. The number of benzene rings is 1. The van der Waals surface area contributed by atoms with Crippen LogP contribution < -0.4 is 0 Å². The Hall–Kier alpha value is -1.38. The van der Waals surface area contributed by atoms with Crippen LogP contribution in [0.25, 0.3) is 11.0 Å². The lowest BCUT2D eigenvalue weighted by Crippen LogP contribution is -2.05. The van der Waals surface area contributed by atoms with Crippen LogP contribution in [0.5, 0.6) is 0 Å². The number of nitrogens with zero attached hydrogens (tertiary/aromatic N) is 3. The first-order chi connectivity index (χ1) is 12.3. The van der Waals surface area contributed by atoms with Crippen molar-refractivity contribution in [1.29, 1.82) is 0 Å². The summed E-state index contributed by atoms with van der Waals surface area (Å²) < 4.78 is 2.15. The summed E-state index contributed by atoms with van der Waals surface area (Å²) >= 11 is 0. The van der Waals surface area contributed by atoms with Crippen LogP contribution in [0.2, 0.25) is 0 Å². The Morgan fingerprint density at radius 3 is 2.00 bits per heavy atom. The predicted octanol–water partition coefficient (Wildman–Crippen LogP) is 6.26. The standard InChI is InChI=1S/C22H37N3/c1-5-9-13-18-17-21-22(23-24-25(21)16-12-8-4)20(15-11-7-3)19(18)14-10-6-2/h17H,5-16H2,1-4H3. The van der Waals surface area contributed by atoms with Crippen molar-refractivity contribution in [2.24, 2.45) is 0 Å². The molecular weight excluding hydrogens is 306 g/mol. The van der Waals surface area contributed by atoms with Crippen molar-refractivity contribution >= 4 is 11.0 Å². The van der Waals surface area contributed by atoms with Crippen molar-refractivity contribution in [3.05, 3.63) is 22.8 Å². The van der Waals surface area contributed by atoms with Crippen LogP contribution in [0, 0.1) is 0 Å². The van der Waals surface area contributed by atoms with E-state index in [0.29, 0.717) is 0 Å². The molecular formula is C22H37N3. The molecule has 0 radical (unpaired) electrons. The minimum atomic E-state index is 0.988. The van der Waals surface area contributed by atoms with Gasteiger partial charge in [0.25, 0.3) is 0 Å². The molecule has 1 aromatic heterocycles. The molecule has 0 aliphatic carbocycles. The van der Waals surface area contributed by atoms with E-state index in [-0.39, 0.29) is 0 Å². The monoisotopic (exact) mass is 343 g/mol. The molecule has 0 aliphatic rings. The molecule has 0 N–H and O–H groups in total. The zero-order valence-corrected chi connectivity index (χ0v) is 16.9. The van der Waals surface area contributed by atoms with Crippen LogP contribution in [0.15, 0.2) is 6.07 Å². The number of aromatic nitrogens is 3. The van der Waals surface area contributed by atoms with Gasteiger partial charge in [-0.2, -0.15) is 0 Å². The van der Waals surface area contributed by atoms with Gasteiger partial charge in [-0.3, -0.25) is 0 Å². The summed E-state index contributed by atoms with van der Waals surface area (Å²) in [4.78, 5) is 0. The molecule has 2 rings (SSSR count). The quantitative estimate of drug-likeness (QED) is 0.455. The van der Waals surface area contributed by atoms with Gasteiger partial charge in [-0.25, -0.2) is 4.68 Å². The average Bonchev–Trinajstić information content (AvgIpc) is 3.03. The summed E-state index contributed by atoms with van der Waals surface area (Å²) in [5.74, 6) is 0. The summed E-state index contributed by atoms with van der Waals surface area (Å²) in [6.07, 6.45) is 13.4. The van der Waals surface area contributed by atoms with Gasteiger partial charge >= 0.3 is 0 Å². The SMILES string of the molecule is CCCCc1cc2c(nnn2CCCC)c(CCCC)c1CCCC. The molecule has 0 aliphatic heterocycles. The highest BCUT2D eigenvalue weighted by molar-refractivity contribution is 5.81. The molecule has 0 unspecified atom stereocenters. The molecule has 3 nitrogen and oxygen atoms in total. The Balaban J connectivity index is 2.53. The van der Waals surface area contributed by atoms with Crippen molar-refractivity contribution in [1.82, 2.24) is 15.0 Å². The number of hydrogen-bond donors (Lipinski definition) is 0. The first-order valence-corrected chi connectivity index (χ1v) is 10.6. The minimum absolute atomic E-state index is 0.988. The van der Waals surface area contributed by atoms with Crippen LogP contribution in [0.3, 0.4) is 0 Å². The maximum atomic E-state index is 4.63. The Morgan fingerprint density at radius 2 is 1.36 bits per heavy atom. The zero-order chi connectivity index (χ0) is 18.1. The predicted molar refractivity (Wildman–Crippen MR) is 108 cm³/mol. The Kier molecular flexibility index (Phi) is 8.43. The maximum absolute atomic E-state index is 4.63. The average molecular weight is 344 g/mol. The van der Waals surface area contributed by atoms with Crippen LogP contribution in [0.4, 0.5) is 0 Å². The van der Waals surface area contributed by atoms with Gasteiger partial charge in [0.2, 0.25) is 0 Å². The third-order valence-corrected chi connectivity index (χ3v) is 5.21. The third-order valence-electron chi connectivity index (χ3n) is 5.21. The summed E-state index contributed by atoms with van der Waals surface area (Å²) in [5.41, 5.74) is 7.11. The van der Waals surface area contributed by atoms with E-state index >= 15 is 0 Å². The topological polar surface area (TPSA) is 30.7 Å². The molecule has 0 fully saturated rings. The lowest BCUT2D eigenvalue weighted by atomic mass is 9.89. The van der Waals surface area contributed by atoms with Crippen molar-refractivity contribution in [2.45, 2.75) is 105 Å². The number of aryl methyl sites for hydroxylation is 3. The zero-order valence-electron chi connectivity index (χ0n) is 16.9. The molecule has 3 heteroatoms. The van der Waals surface area contributed by atoms with E-state index in [4.69, 9.17) is 0 Å². The second-order valence-electron chi connectivity index (χ2n) is 7.34. The normalized spacial score (nSPS) is 11.5. The minimum Gasteiger partial charge on any atom is -0.245 e. The molecule has 1 heterocycles. The van der Waals surface area contributed by atoms with E-state index in [0.717, 1.165) is 13.0 Å². The van der Waals surface area contributed by atoms with Gasteiger partial charge in [-0.15, -0.1) is 5.10 Å². The van der Waals surface area contributed by atoms with E-state index in [1.165, 1.54) is 80.8 Å². The number of fused-ring (bicyclic) bond motifs is 1. The van der Waals surface area contributed by atoms with Crippen LogP contribution in [-0.4, -0.2) is 15.0 Å². The highest BCUT2D eigenvalue weighted by Crippen LogP contribution is 2.29. The first kappa shape index (κ1) is 19.9. The molecule has 0 saturated heterocycles. The fourth-order valence-corrected chi connectivity index (χ4v) is 3.62. The molecule has 140 valence electrons. The van der Waals surface area contributed by atoms with Gasteiger partial charge < -0.3 is 0 Å². The molecule has 0 atom stereocenters. The van der Waals surface area contributed by atoms with E-state index in [1.807, 2.05) is 0 Å². The lowest BCUT2D eigenvalue weighted by molar-refractivity contribution is 0.567. The Labute approximate surface area is 154 Å². The lowest BCUT2D eigenvalue weighted by Gasteiger charge is -2.16.